The summed E-state index contributed by atoms with van der Waals surface area (Å²) in [6.45, 7) is 0.324. The van der Waals surface area contributed by atoms with Crippen LogP contribution in [0.1, 0.15) is 16.1 Å². The van der Waals surface area contributed by atoms with E-state index in [-0.39, 0.29) is 5.91 Å². The number of hydrogen-bond acceptors (Lipinski definition) is 3. The molecule has 0 unspecified atom stereocenters. The second kappa shape index (κ2) is 4.59. The summed E-state index contributed by atoms with van der Waals surface area (Å²) in [5.41, 5.74) is 9.39. The van der Waals surface area contributed by atoms with Crippen molar-refractivity contribution in [3.63, 3.8) is 0 Å². The van der Waals surface area contributed by atoms with Crippen molar-refractivity contribution in [2.45, 2.75) is 6.54 Å². The first-order chi connectivity index (χ1) is 7.79. The number of carbonyl (C=O) groups excluding carboxylic acids is 1. The van der Waals surface area contributed by atoms with Crippen LogP contribution in [0.15, 0.2) is 42.9 Å². The summed E-state index contributed by atoms with van der Waals surface area (Å²) in [5, 5.41) is 0. The second-order valence-corrected chi connectivity index (χ2v) is 3.27. The Bertz CT molecular complexity index is 478. The van der Waals surface area contributed by atoms with E-state index in [9.17, 15) is 4.79 Å². The van der Waals surface area contributed by atoms with Crippen LogP contribution in [-0.2, 0) is 6.54 Å². The van der Waals surface area contributed by atoms with E-state index in [1.807, 2.05) is 12.1 Å². The maximum absolute atomic E-state index is 11.8. The van der Waals surface area contributed by atoms with Gasteiger partial charge in [0.2, 0.25) is 0 Å². The van der Waals surface area contributed by atoms with Crippen LogP contribution in [-0.4, -0.2) is 15.6 Å². The Hall–Kier alpha value is -2.14. The molecule has 2 rings (SSSR count). The molecule has 0 aromatic carbocycles. The number of nitrogens with zero attached hydrogens (tertiary/aromatic N) is 2. The van der Waals surface area contributed by atoms with Crippen molar-refractivity contribution in [3.05, 3.63) is 54.1 Å². The molecule has 1 amide bonds. The van der Waals surface area contributed by atoms with Gasteiger partial charge in [-0.2, -0.15) is 0 Å². The molecule has 0 radical (unpaired) electrons. The molecule has 2 aromatic heterocycles. The fraction of sp³-hybridized carbons (Fsp3) is 0.0909. The molecule has 16 heavy (non-hydrogen) atoms. The average Bonchev–Trinajstić information content (AvgIpc) is 2.82. The van der Waals surface area contributed by atoms with E-state index >= 15 is 0 Å². The first-order valence-corrected chi connectivity index (χ1v) is 4.89. The highest BCUT2D eigenvalue weighted by Crippen LogP contribution is 2.02. The zero-order valence-electron chi connectivity index (χ0n) is 8.63. The highest BCUT2D eigenvalue weighted by atomic mass is 16.2. The Kier molecular flexibility index (Phi) is 2.98. The van der Waals surface area contributed by atoms with Gasteiger partial charge in [0.1, 0.15) is 0 Å². The van der Waals surface area contributed by atoms with Crippen molar-refractivity contribution in [3.8, 4) is 0 Å². The van der Waals surface area contributed by atoms with Crippen LogP contribution >= 0.6 is 0 Å². The molecule has 2 aromatic rings. The Morgan fingerprint density at radius 1 is 1.44 bits per heavy atom. The van der Waals surface area contributed by atoms with E-state index in [1.165, 1.54) is 0 Å². The maximum Gasteiger partial charge on any atom is 0.270 e. The lowest BCUT2D eigenvalue weighted by atomic mass is 10.2. The predicted molar refractivity (Wildman–Crippen MR) is 60.3 cm³/mol. The molecule has 0 fully saturated rings. The molecule has 0 atom stereocenters. The first-order valence-electron chi connectivity index (χ1n) is 4.89. The highest BCUT2D eigenvalue weighted by Gasteiger charge is 2.05. The lowest BCUT2D eigenvalue weighted by Gasteiger charge is -2.06. The van der Waals surface area contributed by atoms with E-state index < -0.39 is 0 Å². The van der Waals surface area contributed by atoms with Gasteiger partial charge in [0.05, 0.1) is 5.69 Å². The van der Waals surface area contributed by atoms with Gasteiger partial charge in [0.25, 0.3) is 5.91 Å². The molecule has 5 nitrogen and oxygen atoms in total. The molecule has 0 aliphatic heterocycles. The number of nitrogens with one attached hydrogen (secondary N) is 1. The van der Waals surface area contributed by atoms with Crippen molar-refractivity contribution in [1.29, 1.82) is 0 Å². The first kappa shape index (κ1) is 10.4. The van der Waals surface area contributed by atoms with Crippen molar-refractivity contribution < 1.29 is 4.79 Å². The van der Waals surface area contributed by atoms with E-state index in [0.717, 1.165) is 0 Å². The molecule has 0 saturated carbocycles. The summed E-state index contributed by atoms with van der Waals surface area (Å²) in [6.07, 6.45) is 5.08. The lowest BCUT2D eigenvalue weighted by Crippen LogP contribution is -2.21. The number of hydrogen-bond donors (Lipinski definition) is 2. The Labute approximate surface area is 92.9 Å². The summed E-state index contributed by atoms with van der Waals surface area (Å²) in [5.74, 6) is -0.187. The summed E-state index contributed by atoms with van der Waals surface area (Å²) >= 11 is 0. The third-order valence-corrected chi connectivity index (χ3v) is 2.12. The normalized spacial score (nSPS) is 10.1. The van der Waals surface area contributed by atoms with Gasteiger partial charge in [-0.15, -0.1) is 0 Å². The van der Waals surface area contributed by atoms with Crippen LogP contribution in [0, 0.1) is 0 Å². The number of amides is 1. The SMILES string of the molecule is NCc1cc(C(=O)Nn2cccc2)ccn1. The molecule has 0 aliphatic rings. The highest BCUT2D eigenvalue weighted by molar-refractivity contribution is 5.99. The van der Waals surface area contributed by atoms with Gasteiger partial charge in [0, 0.05) is 30.7 Å². The summed E-state index contributed by atoms with van der Waals surface area (Å²) < 4.78 is 1.59. The van der Waals surface area contributed by atoms with Crippen LogP contribution in [0.4, 0.5) is 0 Å². The van der Waals surface area contributed by atoms with E-state index in [2.05, 4.69) is 10.4 Å². The standard InChI is InChI=1S/C11H12N4O/c12-8-10-7-9(3-4-13-10)11(16)14-15-5-1-2-6-15/h1-7H,8,12H2,(H,14,16). The minimum absolute atomic E-state index is 0.187. The molecule has 0 saturated heterocycles. The number of carbonyl (C=O) groups is 1. The fourth-order valence-electron chi connectivity index (χ4n) is 1.32. The largest absolute Gasteiger partial charge is 0.325 e. The number of rotatable bonds is 3. The quantitative estimate of drug-likeness (QED) is 0.794. The lowest BCUT2D eigenvalue weighted by molar-refractivity contribution is 0.101. The minimum atomic E-state index is -0.187. The number of aromatic nitrogens is 2. The smallest absolute Gasteiger partial charge is 0.270 e. The molecule has 2 heterocycles. The van der Waals surface area contributed by atoms with E-state index in [0.29, 0.717) is 17.8 Å². The predicted octanol–water partition coefficient (Wildman–Crippen LogP) is 0.726. The van der Waals surface area contributed by atoms with Crippen LogP contribution in [0.5, 0.6) is 0 Å². The molecular weight excluding hydrogens is 204 g/mol. The molecule has 0 aliphatic carbocycles. The van der Waals surface area contributed by atoms with Crippen LogP contribution in [0.3, 0.4) is 0 Å². The zero-order valence-corrected chi connectivity index (χ0v) is 8.63. The molecule has 0 spiro atoms. The van der Waals surface area contributed by atoms with Crippen molar-refractivity contribution >= 4 is 5.91 Å². The molecular formula is C11H12N4O. The van der Waals surface area contributed by atoms with Crippen molar-refractivity contribution in [2.75, 3.05) is 5.43 Å². The van der Waals surface area contributed by atoms with E-state index in [1.54, 1.807) is 35.4 Å². The molecule has 82 valence electrons. The van der Waals surface area contributed by atoms with Crippen LogP contribution < -0.4 is 11.2 Å². The van der Waals surface area contributed by atoms with Crippen molar-refractivity contribution in [1.82, 2.24) is 9.66 Å². The van der Waals surface area contributed by atoms with Crippen LogP contribution in [0.25, 0.3) is 0 Å². The third kappa shape index (κ3) is 2.26. The Morgan fingerprint density at radius 3 is 2.88 bits per heavy atom. The summed E-state index contributed by atoms with van der Waals surface area (Å²) in [4.78, 5) is 15.8. The van der Waals surface area contributed by atoms with Gasteiger partial charge in [-0.25, -0.2) is 0 Å². The maximum atomic E-state index is 11.8. The molecule has 3 N–H and O–H groups in total. The number of pyridine rings is 1. The van der Waals surface area contributed by atoms with Gasteiger partial charge in [-0.05, 0) is 24.3 Å². The fourth-order valence-corrected chi connectivity index (χ4v) is 1.32. The van der Waals surface area contributed by atoms with Gasteiger partial charge in [-0.3, -0.25) is 19.9 Å². The molecule has 5 heteroatoms. The van der Waals surface area contributed by atoms with Gasteiger partial charge in [0.15, 0.2) is 0 Å². The average molecular weight is 216 g/mol. The summed E-state index contributed by atoms with van der Waals surface area (Å²) in [7, 11) is 0. The van der Waals surface area contributed by atoms with E-state index in [4.69, 9.17) is 5.73 Å². The Balaban J connectivity index is 2.14. The van der Waals surface area contributed by atoms with Gasteiger partial charge >= 0.3 is 0 Å². The second-order valence-electron chi connectivity index (χ2n) is 3.27. The summed E-state index contributed by atoms with van der Waals surface area (Å²) in [6, 6.07) is 6.99. The molecule has 0 bridgehead atoms. The number of nitrogens with two attached hydrogens (primary N) is 1. The van der Waals surface area contributed by atoms with Gasteiger partial charge in [-0.1, -0.05) is 0 Å². The third-order valence-electron chi connectivity index (χ3n) is 2.12. The Morgan fingerprint density at radius 2 is 2.19 bits per heavy atom. The topological polar surface area (TPSA) is 72.9 Å². The minimum Gasteiger partial charge on any atom is -0.325 e. The monoisotopic (exact) mass is 216 g/mol. The zero-order chi connectivity index (χ0) is 11.4. The van der Waals surface area contributed by atoms with Crippen LogP contribution in [0.2, 0.25) is 0 Å². The van der Waals surface area contributed by atoms with Gasteiger partial charge < -0.3 is 5.73 Å². The van der Waals surface area contributed by atoms with Crippen molar-refractivity contribution in [2.24, 2.45) is 5.73 Å².